The second-order valence-corrected chi connectivity index (χ2v) is 4.92. The molecular formula is C15H13BrN2O2. The molecule has 0 fully saturated rings. The highest BCUT2D eigenvalue weighted by Gasteiger charge is 2.15. The Labute approximate surface area is 125 Å². The molecule has 0 heterocycles. The fourth-order valence-electron chi connectivity index (χ4n) is 1.59. The lowest BCUT2D eigenvalue weighted by molar-refractivity contribution is -0.129. The second kappa shape index (κ2) is 6.98. The van der Waals surface area contributed by atoms with Gasteiger partial charge < -0.3 is 5.11 Å². The molecule has 0 aliphatic heterocycles. The number of halogens is 1. The molecule has 0 aliphatic rings. The van der Waals surface area contributed by atoms with Gasteiger partial charge >= 0.3 is 0 Å². The Balaban J connectivity index is 1.97. The number of amides is 1. The molecule has 0 radical (unpaired) electrons. The van der Waals surface area contributed by atoms with E-state index in [1.807, 2.05) is 30.3 Å². The number of carbonyl (C=O) groups is 1. The highest BCUT2D eigenvalue weighted by Crippen LogP contribution is 2.14. The van der Waals surface area contributed by atoms with E-state index in [9.17, 15) is 9.90 Å². The van der Waals surface area contributed by atoms with Crippen molar-refractivity contribution >= 4 is 28.1 Å². The number of hydrogen-bond acceptors (Lipinski definition) is 3. The molecule has 0 unspecified atom stereocenters. The number of aliphatic hydroxyl groups excluding tert-OH is 1. The summed E-state index contributed by atoms with van der Waals surface area (Å²) in [5.41, 5.74) is 3.68. The van der Waals surface area contributed by atoms with E-state index in [0.29, 0.717) is 5.56 Å². The Kier molecular flexibility index (Phi) is 5.03. The van der Waals surface area contributed by atoms with Crippen LogP contribution in [0.4, 0.5) is 0 Å². The van der Waals surface area contributed by atoms with Gasteiger partial charge in [-0.15, -0.1) is 0 Å². The highest BCUT2D eigenvalue weighted by atomic mass is 79.9. The molecule has 0 saturated heterocycles. The van der Waals surface area contributed by atoms with Crippen LogP contribution < -0.4 is 5.43 Å². The van der Waals surface area contributed by atoms with Gasteiger partial charge in [-0.1, -0.05) is 64.5 Å². The highest BCUT2D eigenvalue weighted by molar-refractivity contribution is 9.10. The van der Waals surface area contributed by atoms with Gasteiger partial charge in [0.1, 0.15) is 0 Å². The van der Waals surface area contributed by atoms with Crippen molar-refractivity contribution in [3.63, 3.8) is 0 Å². The quantitative estimate of drug-likeness (QED) is 0.667. The predicted octanol–water partition coefficient (Wildman–Crippen LogP) is 2.63. The van der Waals surface area contributed by atoms with Gasteiger partial charge in [0, 0.05) is 10.0 Å². The summed E-state index contributed by atoms with van der Waals surface area (Å²) in [5.74, 6) is -0.570. The first-order chi connectivity index (χ1) is 9.68. The Hall–Kier alpha value is -1.98. The van der Waals surface area contributed by atoms with Crippen LogP contribution in [0.15, 0.2) is 64.2 Å². The molecule has 2 rings (SSSR count). The minimum atomic E-state index is -1.23. The topological polar surface area (TPSA) is 61.7 Å². The molecule has 2 N–H and O–H groups in total. The van der Waals surface area contributed by atoms with Crippen molar-refractivity contribution in [2.24, 2.45) is 5.10 Å². The predicted molar refractivity (Wildman–Crippen MR) is 81.3 cm³/mol. The molecule has 2 aromatic rings. The molecule has 0 aromatic heterocycles. The normalized spacial score (nSPS) is 12.3. The van der Waals surface area contributed by atoms with E-state index in [-0.39, 0.29) is 0 Å². The van der Waals surface area contributed by atoms with Gasteiger partial charge in [-0.3, -0.25) is 4.79 Å². The number of aliphatic hydroxyl groups is 1. The zero-order valence-electron chi connectivity index (χ0n) is 10.5. The first kappa shape index (κ1) is 14.4. The standard InChI is InChI=1S/C15H13BrN2O2/c16-13-9-5-4-8-12(13)10-17-18-15(20)14(19)11-6-2-1-3-7-11/h1-10,14,19H,(H,18,20)/b17-10-/t14-/m1/s1. The van der Waals surface area contributed by atoms with Crippen molar-refractivity contribution in [3.05, 3.63) is 70.2 Å². The monoisotopic (exact) mass is 332 g/mol. The van der Waals surface area contributed by atoms with Crippen molar-refractivity contribution in [1.29, 1.82) is 0 Å². The molecule has 4 nitrogen and oxygen atoms in total. The smallest absolute Gasteiger partial charge is 0.273 e. The van der Waals surface area contributed by atoms with Crippen molar-refractivity contribution in [3.8, 4) is 0 Å². The van der Waals surface area contributed by atoms with E-state index in [4.69, 9.17) is 0 Å². The zero-order chi connectivity index (χ0) is 14.4. The average molecular weight is 333 g/mol. The van der Waals surface area contributed by atoms with Crippen LogP contribution in [-0.2, 0) is 4.79 Å². The number of carbonyl (C=O) groups excluding carboxylic acids is 1. The molecule has 0 spiro atoms. The van der Waals surface area contributed by atoms with E-state index < -0.39 is 12.0 Å². The van der Waals surface area contributed by atoms with E-state index in [1.165, 1.54) is 6.21 Å². The number of nitrogens with one attached hydrogen (secondary N) is 1. The maximum absolute atomic E-state index is 11.7. The number of nitrogens with zero attached hydrogens (tertiary/aromatic N) is 1. The number of hydrazone groups is 1. The third kappa shape index (κ3) is 3.76. The van der Waals surface area contributed by atoms with Gasteiger partial charge in [0.15, 0.2) is 6.10 Å². The third-order valence-electron chi connectivity index (χ3n) is 2.65. The van der Waals surface area contributed by atoms with Gasteiger partial charge in [-0.2, -0.15) is 5.10 Å². The van der Waals surface area contributed by atoms with Gasteiger partial charge in [-0.25, -0.2) is 5.43 Å². The number of hydrogen-bond donors (Lipinski definition) is 2. The van der Waals surface area contributed by atoms with E-state index in [0.717, 1.165) is 10.0 Å². The minimum Gasteiger partial charge on any atom is -0.378 e. The lowest BCUT2D eigenvalue weighted by Crippen LogP contribution is -2.25. The summed E-state index contributed by atoms with van der Waals surface area (Å²) in [6.07, 6.45) is 0.284. The molecule has 0 saturated carbocycles. The molecular weight excluding hydrogens is 320 g/mol. The summed E-state index contributed by atoms with van der Waals surface area (Å²) in [5, 5.41) is 13.7. The van der Waals surface area contributed by atoms with Gasteiger partial charge in [0.25, 0.3) is 5.91 Å². The molecule has 1 amide bonds. The van der Waals surface area contributed by atoms with Crippen LogP contribution in [0.2, 0.25) is 0 Å². The zero-order valence-corrected chi connectivity index (χ0v) is 12.1. The first-order valence-electron chi connectivity index (χ1n) is 5.99. The maximum atomic E-state index is 11.7. The molecule has 5 heteroatoms. The largest absolute Gasteiger partial charge is 0.378 e. The molecule has 2 aromatic carbocycles. The molecule has 0 aliphatic carbocycles. The summed E-state index contributed by atoms with van der Waals surface area (Å²) < 4.78 is 0.876. The van der Waals surface area contributed by atoms with Crippen LogP contribution >= 0.6 is 15.9 Å². The Morgan fingerprint density at radius 2 is 1.80 bits per heavy atom. The fourth-order valence-corrected chi connectivity index (χ4v) is 1.98. The summed E-state index contributed by atoms with van der Waals surface area (Å²) in [6, 6.07) is 16.2. The van der Waals surface area contributed by atoms with Gasteiger partial charge in [0.05, 0.1) is 6.21 Å². The lowest BCUT2D eigenvalue weighted by atomic mass is 10.1. The summed E-state index contributed by atoms with van der Waals surface area (Å²) in [6.45, 7) is 0. The van der Waals surface area contributed by atoms with E-state index in [1.54, 1.807) is 24.3 Å². The molecule has 102 valence electrons. The average Bonchev–Trinajstić information content (AvgIpc) is 2.49. The van der Waals surface area contributed by atoms with Crippen LogP contribution in [0, 0.1) is 0 Å². The molecule has 20 heavy (non-hydrogen) atoms. The molecule has 1 atom stereocenters. The van der Waals surface area contributed by atoms with Crippen molar-refractivity contribution in [1.82, 2.24) is 5.43 Å². The van der Waals surface area contributed by atoms with Crippen LogP contribution in [-0.4, -0.2) is 17.2 Å². The number of rotatable bonds is 4. The molecule has 0 bridgehead atoms. The Bertz CT molecular complexity index is 614. The van der Waals surface area contributed by atoms with Gasteiger partial charge in [-0.05, 0) is 11.6 Å². The third-order valence-corrected chi connectivity index (χ3v) is 3.37. The van der Waals surface area contributed by atoms with Crippen LogP contribution in [0.3, 0.4) is 0 Å². The van der Waals surface area contributed by atoms with Gasteiger partial charge in [0.2, 0.25) is 0 Å². The second-order valence-electron chi connectivity index (χ2n) is 4.07. The van der Waals surface area contributed by atoms with Crippen LogP contribution in [0.25, 0.3) is 0 Å². The minimum absolute atomic E-state index is 0.529. The van der Waals surface area contributed by atoms with Crippen LogP contribution in [0.1, 0.15) is 17.2 Å². The van der Waals surface area contributed by atoms with E-state index >= 15 is 0 Å². The first-order valence-corrected chi connectivity index (χ1v) is 6.78. The SMILES string of the molecule is O=C(N/N=C\c1ccccc1Br)[C@H](O)c1ccccc1. The maximum Gasteiger partial charge on any atom is 0.273 e. The Morgan fingerprint density at radius 1 is 1.15 bits per heavy atom. The van der Waals surface area contributed by atoms with Crippen molar-refractivity contribution in [2.45, 2.75) is 6.10 Å². The Morgan fingerprint density at radius 3 is 2.50 bits per heavy atom. The van der Waals surface area contributed by atoms with Crippen molar-refractivity contribution < 1.29 is 9.90 Å². The lowest BCUT2D eigenvalue weighted by Gasteiger charge is -2.08. The summed E-state index contributed by atoms with van der Waals surface area (Å²) >= 11 is 3.38. The van der Waals surface area contributed by atoms with Crippen molar-refractivity contribution in [2.75, 3.05) is 0 Å². The summed E-state index contributed by atoms with van der Waals surface area (Å²) in [4.78, 5) is 11.7. The van der Waals surface area contributed by atoms with Crippen LogP contribution in [0.5, 0.6) is 0 Å². The number of benzene rings is 2. The van der Waals surface area contributed by atoms with E-state index in [2.05, 4.69) is 26.5 Å². The fraction of sp³-hybridized carbons (Fsp3) is 0.0667. The summed E-state index contributed by atoms with van der Waals surface area (Å²) in [7, 11) is 0.